The van der Waals surface area contributed by atoms with Crippen molar-refractivity contribution in [3.63, 3.8) is 0 Å². The van der Waals surface area contributed by atoms with Gasteiger partial charge in [0, 0.05) is 36.8 Å². The van der Waals surface area contributed by atoms with Crippen LogP contribution in [0.4, 0.5) is 5.82 Å². The normalized spacial score (nSPS) is 22.3. The number of rotatable bonds is 32. The van der Waals surface area contributed by atoms with Gasteiger partial charge in [-0.05, 0) is 81.8 Å². The number of imidazole rings is 1. The molecule has 3 aromatic rings. The van der Waals surface area contributed by atoms with Crippen LogP contribution < -0.4 is 35.9 Å². The Kier molecular flexibility index (Phi) is 19.1. The summed E-state index contributed by atoms with van der Waals surface area (Å²) in [7, 11) is -17.7. The lowest BCUT2D eigenvalue weighted by atomic mass is 9.87. The second kappa shape index (κ2) is 24.1. The van der Waals surface area contributed by atoms with Crippen molar-refractivity contribution in [1.29, 1.82) is 0 Å². The fraction of sp³-hybridized carbons (Fsp3) is 0.651. The Morgan fingerprint density at radius 2 is 1.54 bits per heavy atom. The highest BCUT2D eigenvalue weighted by Crippen LogP contribution is 2.57. The minimum atomic E-state index is -5.94. The number of amides is 2. The summed E-state index contributed by atoms with van der Waals surface area (Å²) in [4.78, 5) is 109. The number of aromatic nitrogens is 4. The molecule has 3 heterocycles. The number of phosphoric acid groups is 3. The molecule has 3 fully saturated rings. The van der Waals surface area contributed by atoms with Crippen molar-refractivity contribution in [2.75, 3.05) is 32.0 Å². The number of anilines is 1. The number of unbranched alkanes of at least 4 members (excludes halogenated alkanes) is 2. The van der Waals surface area contributed by atoms with Crippen LogP contribution in [-0.2, 0) is 73.1 Å². The number of aliphatic hydroxyl groups excluding tert-OH is 2. The lowest BCUT2D eigenvalue weighted by molar-refractivity contribution is -0.347. The Bertz CT molecular complexity index is 2520. The van der Waals surface area contributed by atoms with E-state index in [-0.39, 0.29) is 59.7 Å². The van der Waals surface area contributed by atoms with E-state index in [1.807, 2.05) is 0 Å². The van der Waals surface area contributed by atoms with Crippen molar-refractivity contribution in [3.8, 4) is 0 Å². The lowest BCUT2D eigenvalue weighted by Gasteiger charge is -2.36. The molecule has 2 aliphatic carbocycles. The average molecular weight is 1070 g/mol. The predicted octanol–water partition coefficient (Wildman–Crippen LogP) is 0.448. The van der Waals surface area contributed by atoms with Gasteiger partial charge in [0.25, 0.3) is 22.1 Å². The number of hydrogen-bond donors (Lipinski definition) is 5. The van der Waals surface area contributed by atoms with Crippen molar-refractivity contribution in [1.82, 2.24) is 30.2 Å². The number of Topliss-reactive ketones (excluding diaryl/α,β-unsaturated/α-hetero) is 1. The maximum absolute atomic E-state index is 13.1. The van der Waals surface area contributed by atoms with E-state index in [2.05, 4.69) is 67.7 Å². The fourth-order valence-corrected chi connectivity index (χ4v) is 11.2. The average Bonchev–Trinajstić information content (AvgIpc) is 4.21. The number of nitrogen functional groups attached to an aromatic ring is 1. The van der Waals surface area contributed by atoms with Crippen molar-refractivity contribution in [2.24, 2.45) is 10.8 Å². The van der Waals surface area contributed by atoms with Crippen LogP contribution in [0.2, 0.25) is 0 Å². The molecule has 0 spiro atoms. The van der Waals surface area contributed by atoms with Gasteiger partial charge in [0.2, 0.25) is 11.8 Å². The number of nitrogens with two attached hydrogens (primary N) is 1. The Labute approximate surface area is 414 Å². The zero-order valence-electron chi connectivity index (χ0n) is 39.7. The van der Waals surface area contributed by atoms with Crippen molar-refractivity contribution in [2.45, 2.75) is 140 Å². The third kappa shape index (κ3) is 16.2. The highest BCUT2D eigenvalue weighted by Gasteiger charge is 2.49. The van der Waals surface area contributed by atoms with Crippen LogP contribution in [0.5, 0.6) is 0 Å². The summed E-state index contributed by atoms with van der Waals surface area (Å²) < 4.78 is 66.2. The number of fused-ring (bicyclic) bond motifs is 1. The van der Waals surface area contributed by atoms with Gasteiger partial charge in [-0.2, -0.15) is 0 Å². The molecule has 1 aliphatic heterocycles. The van der Waals surface area contributed by atoms with Gasteiger partial charge in [-0.15, -0.1) is 0 Å². The molecule has 2 saturated carbocycles. The molecule has 3 aliphatic rings. The molecule has 1 saturated heterocycles. The van der Waals surface area contributed by atoms with E-state index in [9.17, 15) is 62.7 Å². The molecule has 0 bridgehead atoms. The number of hydrogen-bond acceptors (Lipinski definition) is 23. The monoisotopic (exact) mass is 1070 g/mol. The first kappa shape index (κ1) is 57.2. The first-order chi connectivity index (χ1) is 33.9. The summed E-state index contributed by atoms with van der Waals surface area (Å²) in [6.45, 7) is 0.549. The molecule has 400 valence electrons. The molecule has 7 unspecified atom stereocenters. The van der Waals surface area contributed by atoms with Crippen LogP contribution in [0, 0.1) is 10.8 Å². The van der Waals surface area contributed by atoms with E-state index < -0.39 is 84.6 Å². The zero-order chi connectivity index (χ0) is 52.5. The standard InChI is InChI=1S/C43H64N7O19P3/c1-41(2,24-66-72(62,63)69-71(60,61)65-23-30-35(68-70(57,58)59)34(54)40(67-30)50-26-49-33-37(44)47-25-48-38(33)50)36(55)39(56)46-22-14-32(53)45-21-13-31(52)42(17-18-42)15-5-3-7-28-9-11-29(12-10-28)8-4-6-16-43(19-20-43)64-27-51/h9-12,25-27,30,34-36,40,54-55H,3-8,13-24H2,1-2H3,(H,45,53)(H,46,56)(H,60,61)(H,62,63)(H2,44,47,48)(H2,57,58,59)/p-4. The van der Waals surface area contributed by atoms with Gasteiger partial charge >= 0.3 is 0 Å². The second-order valence-corrected chi connectivity index (χ2v) is 23.1. The Morgan fingerprint density at radius 3 is 2.15 bits per heavy atom. The SMILES string of the molecule is CC(C)(COP(=O)([O-])OP(=O)([O-])OCC1OC(n2cnc3c(N)ncnc32)C(O)C1OP(=O)([O-])[O-])C(O)C(=O)NCCC(=O)NCCC(=O)C1(CCCCc2ccc(CCCCC3(OC=O)CC3)cc2)CC1. The number of benzene rings is 1. The third-order valence-electron chi connectivity index (χ3n) is 13.0. The topological polar surface area (TPSA) is 401 Å². The van der Waals surface area contributed by atoms with Gasteiger partial charge in [0.1, 0.15) is 47.6 Å². The molecule has 2 aromatic heterocycles. The Hall–Kier alpha value is -4.10. The molecule has 72 heavy (non-hydrogen) atoms. The molecule has 2 amide bonds. The summed E-state index contributed by atoms with van der Waals surface area (Å²) in [6, 6.07) is 8.61. The summed E-state index contributed by atoms with van der Waals surface area (Å²) in [5, 5.41) is 26.5. The molecule has 6 rings (SSSR count). The maximum atomic E-state index is 13.1. The predicted molar refractivity (Wildman–Crippen MR) is 243 cm³/mol. The largest absolute Gasteiger partial charge is 0.790 e. The van der Waals surface area contributed by atoms with Crippen molar-refractivity contribution < 1.29 is 90.0 Å². The summed E-state index contributed by atoms with van der Waals surface area (Å²) in [5.74, 6) is -1.48. The number of ether oxygens (including phenoxy) is 2. The number of aliphatic hydroxyl groups is 2. The van der Waals surface area contributed by atoms with Gasteiger partial charge in [0.05, 0.1) is 27.4 Å². The van der Waals surface area contributed by atoms with Crippen LogP contribution in [0.3, 0.4) is 0 Å². The number of ketones is 1. The van der Waals surface area contributed by atoms with Gasteiger partial charge in [0.15, 0.2) is 17.7 Å². The lowest BCUT2D eigenvalue weighted by Crippen LogP contribution is -2.46. The molecular formula is C43H60N7O19P3-4. The van der Waals surface area contributed by atoms with Gasteiger partial charge in [-0.3, -0.25) is 32.9 Å². The summed E-state index contributed by atoms with van der Waals surface area (Å²) in [6.07, 6.45) is 3.48. The molecule has 29 heteroatoms. The van der Waals surface area contributed by atoms with E-state index in [1.54, 1.807) is 0 Å². The number of aryl methyl sites for hydroxylation is 2. The van der Waals surface area contributed by atoms with Crippen LogP contribution in [-0.4, -0.2) is 110 Å². The molecule has 0 radical (unpaired) electrons. The first-order valence-electron chi connectivity index (χ1n) is 23.4. The third-order valence-corrected chi connectivity index (χ3v) is 16.0. The number of carbonyl (C=O) groups excluding carboxylic acids is 4. The minimum absolute atomic E-state index is 0.0237. The van der Waals surface area contributed by atoms with E-state index in [0.29, 0.717) is 6.47 Å². The summed E-state index contributed by atoms with van der Waals surface area (Å²) >= 11 is 0. The number of phosphoric ester groups is 3. The van der Waals surface area contributed by atoms with Crippen LogP contribution in [0.25, 0.3) is 11.2 Å². The van der Waals surface area contributed by atoms with Crippen LogP contribution in [0.1, 0.15) is 108 Å². The highest BCUT2D eigenvalue weighted by atomic mass is 31.3. The maximum Gasteiger partial charge on any atom is 0.293 e. The Morgan fingerprint density at radius 1 is 0.917 bits per heavy atom. The van der Waals surface area contributed by atoms with Gasteiger partial charge in [-0.25, -0.2) is 19.3 Å². The fourth-order valence-electron chi connectivity index (χ4n) is 8.43. The van der Waals surface area contributed by atoms with E-state index in [1.165, 1.54) is 25.0 Å². The molecule has 1 aromatic carbocycles. The van der Waals surface area contributed by atoms with E-state index in [4.69, 9.17) is 15.2 Å². The number of nitrogens with one attached hydrogen (secondary N) is 2. The van der Waals surface area contributed by atoms with Crippen molar-refractivity contribution >= 4 is 64.5 Å². The van der Waals surface area contributed by atoms with Gasteiger partial charge < -0.3 is 73.8 Å². The van der Waals surface area contributed by atoms with Crippen LogP contribution >= 0.6 is 23.5 Å². The van der Waals surface area contributed by atoms with Crippen molar-refractivity contribution in [3.05, 3.63) is 48.0 Å². The molecular weight excluding hydrogens is 1010 g/mol. The highest BCUT2D eigenvalue weighted by molar-refractivity contribution is 7.59. The van der Waals surface area contributed by atoms with Gasteiger partial charge in [-0.1, -0.05) is 44.5 Å². The molecule has 6 N–H and O–H groups in total. The molecule has 7 atom stereocenters. The summed E-state index contributed by atoms with van der Waals surface area (Å²) in [5.41, 5.74) is 6.01. The van der Waals surface area contributed by atoms with E-state index >= 15 is 0 Å². The van der Waals surface area contributed by atoms with E-state index in [0.717, 1.165) is 94.3 Å². The minimum Gasteiger partial charge on any atom is -0.790 e. The Balaban J connectivity index is 0.845. The van der Waals surface area contributed by atoms with Crippen LogP contribution in [0.15, 0.2) is 36.9 Å². The second-order valence-electron chi connectivity index (χ2n) is 19.1. The smallest absolute Gasteiger partial charge is 0.293 e. The number of carbonyl (C=O) groups is 4. The quantitative estimate of drug-likeness (QED) is 0.0322. The first-order valence-corrected chi connectivity index (χ1v) is 27.8. The number of nitrogens with zero attached hydrogens (tertiary/aromatic N) is 4. The molecule has 26 nitrogen and oxygen atoms in total. The zero-order valence-corrected chi connectivity index (χ0v) is 42.4.